The van der Waals surface area contributed by atoms with Gasteiger partial charge >= 0.3 is 0 Å². The van der Waals surface area contributed by atoms with E-state index in [1.54, 1.807) is 0 Å². The van der Waals surface area contributed by atoms with E-state index in [1.165, 1.54) is 36.8 Å². The largest absolute Gasteiger partial charge is 0.377 e. The maximum absolute atomic E-state index is 5.58. The van der Waals surface area contributed by atoms with Crippen LogP contribution >= 0.6 is 0 Å². The van der Waals surface area contributed by atoms with E-state index in [9.17, 15) is 0 Å². The predicted molar refractivity (Wildman–Crippen MR) is 89.9 cm³/mol. The first-order valence-electron chi connectivity index (χ1n) is 8.97. The second-order valence-electron chi connectivity index (χ2n) is 7.16. The minimum atomic E-state index is 0.663. The summed E-state index contributed by atoms with van der Waals surface area (Å²) in [4.78, 5) is 0. The molecule has 0 amide bonds. The minimum absolute atomic E-state index is 0.663. The first kappa shape index (κ1) is 14.5. The maximum atomic E-state index is 5.58. The normalized spacial score (nSPS) is 34.5. The molecule has 22 heavy (non-hydrogen) atoms. The Morgan fingerprint density at radius 1 is 1.05 bits per heavy atom. The summed E-state index contributed by atoms with van der Waals surface area (Å²) in [5, 5.41) is 3.89. The van der Waals surface area contributed by atoms with Crippen LogP contribution in [-0.4, -0.2) is 25.8 Å². The maximum Gasteiger partial charge on any atom is 0.0689 e. The van der Waals surface area contributed by atoms with E-state index in [0.717, 1.165) is 43.9 Å². The lowest BCUT2D eigenvalue weighted by Crippen LogP contribution is -2.58. The van der Waals surface area contributed by atoms with E-state index in [4.69, 9.17) is 4.74 Å². The Bertz CT molecular complexity index is 524. The van der Waals surface area contributed by atoms with Crippen molar-refractivity contribution in [1.82, 2.24) is 5.32 Å². The van der Waals surface area contributed by atoms with Crippen LogP contribution < -0.4 is 5.32 Å². The van der Waals surface area contributed by atoms with E-state index in [-0.39, 0.29) is 0 Å². The topological polar surface area (TPSA) is 21.3 Å². The molecule has 0 spiro atoms. The minimum Gasteiger partial charge on any atom is -0.377 e. The Hall–Kier alpha value is -1.12. The molecule has 0 aromatic heterocycles. The number of rotatable bonds is 4. The summed E-state index contributed by atoms with van der Waals surface area (Å²) < 4.78 is 5.58. The van der Waals surface area contributed by atoms with Crippen LogP contribution in [0.3, 0.4) is 0 Å². The second kappa shape index (κ2) is 6.55. The smallest absolute Gasteiger partial charge is 0.0689 e. The van der Waals surface area contributed by atoms with Gasteiger partial charge in [-0.1, -0.05) is 49.2 Å². The molecule has 2 heteroatoms. The molecule has 1 aliphatic heterocycles. The Balaban J connectivity index is 1.47. The highest BCUT2D eigenvalue weighted by molar-refractivity contribution is 5.28. The Morgan fingerprint density at radius 2 is 1.86 bits per heavy atom. The van der Waals surface area contributed by atoms with Gasteiger partial charge in [-0.2, -0.15) is 0 Å². The number of fused-ring (bicyclic) bond motifs is 1. The summed E-state index contributed by atoms with van der Waals surface area (Å²) in [6.45, 7) is 2.73. The lowest BCUT2D eigenvalue weighted by molar-refractivity contribution is 0.0272. The predicted octanol–water partition coefficient (Wildman–Crippen LogP) is 3.90. The van der Waals surface area contributed by atoms with Crippen molar-refractivity contribution in [2.24, 2.45) is 11.8 Å². The molecule has 0 radical (unpaired) electrons. The lowest BCUT2D eigenvalue weighted by Gasteiger charge is -2.55. The van der Waals surface area contributed by atoms with Gasteiger partial charge in [-0.05, 0) is 42.2 Å². The molecular weight excluding hydrogens is 270 g/mol. The highest BCUT2D eigenvalue weighted by atomic mass is 16.5. The van der Waals surface area contributed by atoms with E-state index < -0.39 is 0 Å². The van der Waals surface area contributed by atoms with Crippen molar-refractivity contribution in [3.8, 4) is 0 Å². The number of nitrogens with one attached hydrogen (secondary N) is 1. The standard InChI is InChI=1S/C20H27NO/c1-2-8-16(9-3-1)19-17-10-4-5-11-18(17)20(19)21-13-15-7-6-12-22-14-15/h1-3,7-9,17-21H,4-6,10-14H2/t17-,18+,19+,20+/m1/s1. The van der Waals surface area contributed by atoms with Crippen molar-refractivity contribution in [2.75, 3.05) is 19.8 Å². The number of benzene rings is 1. The zero-order valence-corrected chi connectivity index (χ0v) is 13.3. The molecular formula is C20H27NO. The van der Waals surface area contributed by atoms with Gasteiger partial charge in [0.15, 0.2) is 0 Å². The highest BCUT2D eigenvalue weighted by Gasteiger charge is 2.50. The highest BCUT2D eigenvalue weighted by Crippen LogP contribution is 2.54. The summed E-state index contributed by atoms with van der Waals surface area (Å²) in [5.74, 6) is 2.52. The van der Waals surface area contributed by atoms with Gasteiger partial charge in [-0.3, -0.25) is 0 Å². The van der Waals surface area contributed by atoms with Gasteiger partial charge in [0.25, 0.3) is 0 Å². The fraction of sp³-hybridized carbons (Fsp3) is 0.600. The quantitative estimate of drug-likeness (QED) is 0.851. The Labute approximate surface area is 133 Å². The van der Waals surface area contributed by atoms with Crippen LogP contribution in [-0.2, 0) is 4.74 Å². The molecule has 118 valence electrons. The molecule has 1 aromatic rings. The fourth-order valence-corrected chi connectivity index (χ4v) is 4.86. The molecule has 2 fully saturated rings. The van der Waals surface area contributed by atoms with Gasteiger partial charge in [-0.25, -0.2) is 0 Å². The lowest BCUT2D eigenvalue weighted by atomic mass is 9.53. The summed E-state index contributed by atoms with van der Waals surface area (Å²) in [6, 6.07) is 11.8. The van der Waals surface area contributed by atoms with E-state index in [0.29, 0.717) is 6.04 Å². The van der Waals surface area contributed by atoms with Gasteiger partial charge in [0.1, 0.15) is 0 Å². The van der Waals surface area contributed by atoms with Gasteiger partial charge in [0, 0.05) is 18.5 Å². The third kappa shape index (κ3) is 2.75. The second-order valence-corrected chi connectivity index (χ2v) is 7.16. The van der Waals surface area contributed by atoms with Crippen LogP contribution in [0.1, 0.15) is 43.6 Å². The van der Waals surface area contributed by atoms with Crippen molar-refractivity contribution in [3.05, 3.63) is 47.5 Å². The van der Waals surface area contributed by atoms with Crippen LogP contribution in [0.15, 0.2) is 42.0 Å². The zero-order valence-electron chi connectivity index (χ0n) is 13.3. The fourth-order valence-electron chi connectivity index (χ4n) is 4.86. The molecule has 1 aromatic carbocycles. The third-order valence-electron chi connectivity index (χ3n) is 5.92. The molecule has 0 saturated heterocycles. The van der Waals surface area contributed by atoms with E-state index in [1.807, 2.05) is 0 Å². The molecule has 0 unspecified atom stereocenters. The first-order chi connectivity index (χ1) is 10.9. The first-order valence-corrected chi connectivity index (χ1v) is 8.97. The van der Waals surface area contributed by atoms with Crippen LogP contribution in [0.2, 0.25) is 0 Å². The van der Waals surface area contributed by atoms with Crippen LogP contribution in [0, 0.1) is 11.8 Å². The van der Waals surface area contributed by atoms with Crippen molar-refractivity contribution >= 4 is 0 Å². The summed E-state index contributed by atoms with van der Waals surface area (Å²) in [5.41, 5.74) is 2.98. The van der Waals surface area contributed by atoms with E-state index >= 15 is 0 Å². The molecule has 4 atom stereocenters. The molecule has 1 heterocycles. The van der Waals surface area contributed by atoms with Gasteiger partial charge in [0.05, 0.1) is 13.2 Å². The van der Waals surface area contributed by atoms with Crippen LogP contribution in [0.4, 0.5) is 0 Å². The monoisotopic (exact) mass is 297 g/mol. The third-order valence-corrected chi connectivity index (χ3v) is 5.92. The van der Waals surface area contributed by atoms with Crippen LogP contribution in [0.25, 0.3) is 0 Å². The van der Waals surface area contributed by atoms with Crippen LogP contribution in [0.5, 0.6) is 0 Å². The van der Waals surface area contributed by atoms with Crippen molar-refractivity contribution in [3.63, 3.8) is 0 Å². The number of ether oxygens (including phenoxy) is 1. The van der Waals surface area contributed by atoms with E-state index in [2.05, 4.69) is 41.7 Å². The van der Waals surface area contributed by atoms with Gasteiger partial charge in [-0.15, -0.1) is 0 Å². The molecule has 1 N–H and O–H groups in total. The summed E-state index contributed by atoms with van der Waals surface area (Å²) in [7, 11) is 0. The molecule has 4 rings (SSSR count). The SMILES string of the molecule is C1=C(CN[C@H]2[C@H]3CCCC[C@H]3[C@@H]2c2ccccc2)COCC1. The Kier molecular flexibility index (Phi) is 4.31. The summed E-state index contributed by atoms with van der Waals surface area (Å²) >= 11 is 0. The van der Waals surface area contributed by atoms with Crippen molar-refractivity contribution in [2.45, 2.75) is 44.1 Å². The van der Waals surface area contributed by atoms with Gasteiger partial charge < -0.3 is 10.1 Å². The average Bonchev–Trinajstić information content (AvgIpc) is 2.58. The van der Waals surface area contributed by atoms with Crippen molar-refractivity contribution in [1.29, 1.82) is 0 Å². The number of hydrogen-bond acceptors (Lipinski definition) is 2. The van der Waals surface area contributed by atoms with Crippen molar-refractivity contribution < 1.29 is 4.74 Å². The summed E-state index contributed by atoms with van der Waals surface area (Å²) in [6.07, 6.45) is 9.14. The van der Waals surface area contributed by atoms with Gasteiger partial charge in [0.2, 0.25) is 0 Å². The Morgan fingerprint density at radius 3 is 2.64 bits per heavy atom. The number of hydrogen-bond donors (Lipinski definition) is 1. The molecule has 0 bridgehead atoms. The molecule has 3 aliphatic rings. The zero-order chi connectivity index (χ0) is 14.8. The molecule has 2 saturated carbocycles. The molecule has 2 nitrogen and oxygen atoms in total. The molecule has 2 aliphatic carbocycles. The average molecular weight is 297 g/mol.